The van der Waals surface area contributed by atoms with Crippen molar-refractivity contribution in [2.45, 2.75) is 12.3 Å². The van der Waals surface area contributed by atoms with E-state index in [0.717, 1.165) is 78.4 Å². The van der Waals surface area contributed by atoms with Gasteiger partial charge in [0.2, 0.25) is 0 Å². The Hall–Kier alpha value is -8.15. The Morgan fingerprint density at radius 3 is 2.05 bits per heavy atom. The van der Waals surface area contributed by atoms with E-state index in [1.54, 1.807) is 0 Å². The van der Waals surface area contributed by atoms with Crippen LogP contribution in [0.3, 0.4) is 0 Å². The van der Waals surface area contributed by atoms with Crippen molar-refractivity contribution in [2.75, 3.05) is 0 Å². The van der Waals surface area contributed by atoms with E-state index < -0.39 is 0 Å². The van der Waals surface area contributed by atoms with Crippen LogP contribution in [0.25, 0.3) is 111 Å². The maximum Gasteiger partial charge on any atom is 0.164 e. The van der Waals surface area contributed by atoms with Crippen molar-refractivity contribution in [3.63, 3.8) is 0 Å². The third kappa shape index (κ3) is 5.52. The van der Waals surface area contributed by atoms with Gasteiger partial charge in [-0.1, -0.05) is 164 Å². The van der Waals surface area contributed by atoms with Crippen LogP contribution >= 0.6 is 0 Å². The van der Waals surface area contributed by atoms with E-state index in [2.05, 4.69) is 199 Å². The minimum absolute atomic E-state index is 0.0386. The van der Waals surface area contributed by atoms with Crippen LogP contribution in [0.15, 0.2) is 199 Å². The zero-order valence-corrected chi connectivity index (χ0v) is 33.5. The molecule has 0 amide bonds. The highest BCUT2D eigenvalue weighted by molar-refractivity contribution is 6.20. The molecule has 0 aliphatic heterocycles. The molecule has 0 N–H and O–H groups in total. The molecular weight excluding hydrogens is 757 g/mol. The number of benzene rings is 9. The van der Waals surface area contributed by atoms with E-state index in [-0.39, 0.29) is 5.92 Å². The second-order valence-electron chi connectivity index (χ2n) is 16.4. The largest absolute Gasteiger partial charge is 0.455 e. The fourth-order valence-electron chi connectivity index (χ4n) is 9.69. The number of furan rings is 1. The molecule has 5 nitrogen and oxygen atoms in total. The predicted octanol–water partition coefficient (Wildman–Crippen LogP) is 14.5. The molecule has 1 aliphatic rings. The van der Waals surface area contributed by atoms with Crippen LogP contribution in [0.5, 0.6) is 0 Å². The molecule has 3 heterocycles. The summed E-state index contributed by atoms with van der Waals surface area (Å²) in [5.41, 5.74) is 11.5. The number of rotatable bonds is 5. The molecule has 0 saturated heterocycles. The Labute approximate surface area is 356 Å². The van der Waals surface area contributed by atoms with Crippen molar-refractivity contribution in [1.29, 1.82) is 0 Å². The lowest BCUT2D eigenvalue weighted by Crippen LogP contribution is -2.12. The molecule has 0 bridgehead atoms. The lowest BCUT2D eigenvalue weighted by atomic mass is 9.89. The van der Waals surface area contributed by atoms with Gasteiger partial charge in [0.15, 0.2) is 11.6 Å². The molecule has 9 aromatic carbocycles. The van der Waals surface area contributed by atoms with Crippen molar-refractivity contribution in [2.24, 2.45) is 0 Å². The quantitative estimate of drug-likeness (QED) is 0.174. The molecular formula is C57H36N4O. The van der Waals surface area contributed by atoms with E-state index in [0.29, 0.717) is 11.6 Å². The first kappa shape index (κ1) is 34.7. The molecule has 0 saturated carbocycles. The van der Waals surface area contributed by atoms with E-state index in [1.165, 1.54) is 38.2 Å². The Balaban J connectivity index is 1.09. The van der Waals surface area contributed by atoms with Crippen LogP contribution in [0.1, 0.15) is 22.9 Å². The summed E-state index contributed by atoms with van der Waals surface area (Å²) in [7, 11) is 0. The minimum Gasteiger partial charge on any atom is -0.455 e. The minimum atomic E-state index is -0.0386. The SMILES string of the molecule is C1=CC(c2nc(-c3ccc(-c4ccccc4)cc3)nc(-c3cc(-n4c5ccccc5c5cc6ccccc6cc54)cc4oc5c6ccccc6ccc5c34)n2)Cc2ccccc21. The fourth-order valence-corrected chi connectivity index (χ4v) is 9.69. The van der Waals surface area contributed by atoms with Gasteiger partial charge in [0, 0.05) is 50.0 Å². The lowest BCUT2D eigenvalue weighted by molar-refractivity contribution is 0.672. The number of fused-ring (bicyclic) bond motifs is 10. The number of allylic oxidation sites excluding steroid dienone is 1. The van der Waals surface area contributed by atoms with Gasteiger partial charge in [0.25, 0.3) is 0 Å². The first-order chi connectivity index (χ1) is 30.7. The zero-order valence-electron chi connectivity index (χ0n) is 33.5. The summed E-state index contributed by atoms with van der Waals surface area (Å²) in [5, 5.41) is 8.99. The van der Waals surface area contributed by atoms with Gasteiger partial charge >= 0.3 is 0 Å². The van der Waals surface area contributed by atoms with Gasteiger partial charge < -0.3 is 8.98 Å². The van der Waals surface area contributed by atoms with Crippen LogP contribution in [0.2, 0.25) is 0 Å². The Morgan fingerprint density at radius 1 is 0.484 bits per heavy atom. The van der Waals surface area contributed by atoms with Gasteiger partial charge in [-0.2, -0.15) is 0 Å². The standard InChI is InChI=1S/C57H36N4O/c1-2-12-35(13-3-1)37-22-25-39(26-23-37)55-58-56(43-27-24-36-14-4-5-16-40(36)30-43)60-57(59-55)49-33-44(34-52-53(49)47-29-28-38-15-8-9-19-45(38)54(47)62-52)61-50-21-11-10-20-46(50)48-31-41-17-6-7-18-42(41)32-51(48)61/h1-29,31-34,43H,30H2. The Bertz CT molecular complexity index is 3780. The van der Waals surface area contributed by atoms with Gasteiger partial charge in [0.1, 0.15) is 17.0 Å². The summed E-state index contributed by atoms with van der Waals surface area (Å²) in [6.45, 7) is 0. The van der Waals surface area contributed by atoms with Gasteiger partial charge in [-0.15, -0.1) is 0 Å². The third-order valence-corrected chi connectivity index (χ3v) is 12.7. The normalized spacial score (nSPS) is 13.8. The van der Waals surface area contributed by atoms with Gasteiger partial charge in [-0.25, -0.2) is 15.0 Å². The van der Waals surface area contributed by atoms with Crippen molar-refractivity contribution in [3.8, 4) is 39.6 Å². The number of nitrogens with zero attached hydrogens (tertiary/aromatic N) is 4. The molecule has 12 aromatic rings. The second-order valence-corrected chi connectivity index (χ2v) is 16.4. The summed E-state index contributed by atoms with van der Waals surface area (Å²) in [5.74, 6) is 1.95. The maximum absolute atomic E-state index is 7.02. The topological polar surface area (TPSA) is 56.7 Å². The summed E-state index contributed by atoms with van der Waals surface area (Å²) < 4.78 is 9.39. The van der Waals surface area contributed by atoms with E-state index >= 15 is 0 Å². The van der Waals surface area contributed by atoms with Crippen LogP contribution in [-0.4, -0.2) is 19.5 Å². The average Bonchev–Trinajstić information content (AvgIpc) is 3.88. The number of para-hydroxylation sites is 1. The van der Waals surface area contributed by atoms with Gasteiger partial charge in [0.05, 0.1) is 16.7 Å². The number of hydrogen-bond donors (Lipinski definition) is 0. The monoisotopic (exact) mass is 792 g/mol. The molecule has 5 heteroatoms. The van der Waals surface area contributed by atoms with Crippen molar-refractivity contribution < 1.29 is 4.42 Å². The first-order valence-electron chi connectivity index (χ1n) is 21.2. The zero-order chi connectivity index (χ0) is 40.7. The van der Waals surface area contributed by atoms with Crippen LogP contribution < -0.4 is 0 Å². The molecule has 1 unspecified atom stereocenters. The fraction of sp³-hybridized carbons (Fsp3) is 0.0351. The van der Waals surface area contributed by atoms with Crippen LogP contribution in [0, 0.1) is 0 Å². The van der Waals surface area contributed by atoms with Gasteiger partial charge in [-0.3, -0.25) is 0 Å². The van der Waals surface area contributed by atoms with E-state index in [9.17, 15) is 0 Å². The second kappa shape index (κ2) is 13.7. The third-order valence-electron chi connectivity index (χ3n) is 12.7. The predicted molar refractivity (Wildman–Crippen MR) is 255 cm³/mol. The van der Waals surface area contributed by atoms with Crippen LogP contribution in [0.4, 0.5) is 0 Å². The number of hydrogen-bond acceptors (Lipinski definition) is 4. The van der Waals surface area contributed by atoms with E-state index in [4.69, 9.17) is 19.4 Å². The molecule has 290 valence electrons. The molecule has 62 heavy (non-hydrogen) atoms. The van der Waals surface area contributed by atoms with Crippen molar-refractivity contribution in [3.05, 3.63) is 211 Å². The average molecular weight is 793 g/mol. The molecule has 0 radical (unpaired) electrons. The first-order valence-corrected chi connectivity index (χ1v) is 21.2. The summed E-state index contributed by atoms with van der Waals surface area (Å²) in [6.07, 6.45) is 5.26. The summed E-state index contributed by atoms with van der Waals surface area (Å²) in [6, 6.07) is 66.8. The summed E-state index contributed by atoms with van der Waals surface area (Å²) in [4.78, 5) is 16.1. The molecule has 3 aromatic heterocycles. The molecule has 0 spiro atoms. The maximum atomic E-state index is 7.02. The van der Waals surface area contributed by atoms with E-state index in [1.807, 2.05) is 6.07 Å². The Morgan fingerprint density at radius 2 is 1.18 bits per heavy atom. The smallest absolute Gasteiger partial charge is 0.164 e. The van der Waals surface area contributed by atoms with Crippen LogP contribution in [-0.2, 0) is 6.42 Å². The lowest BCUT2D eigenvalue weighted by Gasteiger charge is -2.19. The highest BCUT2D eigenvalue weighted by Gasteiger charge is 2.25. The molecule has 13 rings (SSSR count). The van der Waals surface area contributed by atoms with Gasteiger partial charge in [-0.05, 0) is 75.2 Å². The highest BCUT2D eigenvalue weighted by Crippen LogP contribution is 2.43. The van der Waals surface area contributed by atoms with Crippen molar-refractivity contribution >= 4 is 71.4 Å². The molecule has 1 aliphatic carbocycles. The number of aromatic nitrogens is 4. The van der Waals surface area contributed by atoms with Crippen molar-refractivity contribution in [1.82, 2.24) is 19.5 Å². The molecule has 1 atom stereocenters. The molecule has 0 fully saturated rings. The highest BCUT2D eigenvalue weighted by atomic mass is 16.3. The summed E-state index contributed by atoms with van der Waals surface area (Å²) >= 11 is 0. The Kier molecular flexibility index (Phi) is 7.66.